The van der Waals surface area contributed by atoms with E-state index in [2.05, 4.69) is 15.3 Å². The first kappa shape index (κ1) is 14.2. The van der Waals surface area contributed by atoms with Gasteiger partial charge in [-0.15, -0.1) is 0 Å². The zero-order valence-corrected chi connectivity index (χ0v) is 11.8. The van der Waals surface area contributed by atoms with Gasteiger partial charge in [-0.05, 0) is 26.7 Å². The third-order valence-corrected chi connectivity index (χ3v) is 3.18. The maximum absolute atomic E-state index is 5.42. The lowest BCUT2D eigenvalue weighted by Gasteiger charge is -2.11. The lowest BCUT2D eigenvalue weighted by molar-refractivity contribution is 0.147. The van der Waals surface area contributed by atoms with Gasteiger partial charge in [-0.3, -0.25) is 0 Å². The van der Waals surface area contributed by atoms with Crippen LogP contribution in [0.5, 0.6) is 0 Å². The van der Waals surface area contributed by atoms with Crippen molar-refractivity contribution in [1.29, 1.82) is 0 Å². The van der Waals surface area contributed by atoms with Crippen LogP contribution >= 0.6 is 0 Å². The molecule has 1 aromatic rings. The summed E-state index contributed by atoms with van der Waals surface area (Å²) in [6.45, 7) is 8.00. The van der Waals surface area contributed by atoms with Gasteiger partial charge in [-0.25, -0.2) is 9.97 Å². The first-order valence-corrected chi connectivity index (χ1v) is 7.04. The molecule has 2 rings (SSSR count). The van der Waals surface area contributed by atoms with Gasteiger partial charge in [0.25, 0.3) is 0 Å². The molecule has 0 bridgehead atoms. The molecule has 1 atom stereocenters. The highest BCUT2D eigenvalue weighted by atomic mass is 16.5. The summed E-state index contributed by atoms with van der Waals surface area (Å²) in [4.78, 5) is 8.94. The minimum atomic E-state index is 0.422. The van der Waals surface area contributed by atoms with Gasteiger partial charge >= 0.3 is 0 Å². The van der Waals surface area contributed by atoms with Gasteiger partial charge < -0.3 is 14.8 Å². The molecule has 0 spiro atoms. The Bertz CT molecular complexity index is 392. The van der Waals surface area contributed by atoms with E-state index in [4.69, 9.17) is 9.47 Å². The van der Waals surface area contributed by atoms with E-state index < -0.39 is 0 Å². The van der Waals surface area contributed by atoms with Gasteiger partial charge in [0, 0.05) is 38.3 Å². The summed E-state index contributed by atoms with van der Waals surface area (Å²) in [6.07, 6.45) is 2.04. The van der Waals surface area contributed by atoms with Gasteiger partial charge in [-0.2, -0.15) is 0 Å². The average Bonchev–Trinajstić information content (AvgIpc) is 2.92. The van der Waals surface area contributed by atoms with Crippen LogP contribution in [-0.2, 0) is 9.47 Å². The van der Waals surface area contributed by atoms with Crippen LogP contribution in [0.3, 0.4) is 0 Å². The van der Waals surface area contributed by atoms with Crippen molar-refractivity contribution < 1.29 is 9.47 Å². The molecule has 0 unspecified atom stereocenters. The Kier molecular flexibility index (Phi) is 5.54. The van der Waals surface area contributed by atoms with Crippen LogP contribution in [-0.4, -0.2) is 42.9 Å². The molecule has 106 valence electrons. The number of hydrogen-bond donors (Lipinski definition) is 1. The molecular formula is C14H23N3O2. The molecular weight excluding hydrogens is 242 g/mol. The van der Waals surface area contributed by atoms with Crippen LogP contribution in [0.25, 0.3) is 0 Å². The summed E-state index contributed by atoms with van der Waals surface area (Å²) >= 11 is 0. The summed E-state index contributed by atoms with van der Waals surface area (Å²) < 4.78 is 10.7. The van der Waals surface area contributed by atoms with Crippen molar-refractivity contribution in [3.8, 4) is 0 Å². The third kappa shape index (κ3) is 4.44. The molecule has 1 aromatic heterocycles. The lowest BCUT2D eigenvalue weighted by atomic mass is 10.0. The number of nitrogens with one attached hydrogen (secondary N) is 1. The maximum atomic E-state index is 5.42. The highest BCUT2D eigenvalue weighted by Crippen LogP contribution is 2.24. The van der Waals surface area contributed by atoms with E-state index >= 15 is 0 Å². The van der Waals surface area contributed by atoms with E-state index in [-0.39, 0.29) is 0 Å². The van der Waals surface area contributed by atoms with Crippen molar-refractivity contribution in [1.82, 2.24) is 9.97 Å². The predicted molar refractivity (Wildman–Crippen MR) is 74.5 cm³/mol. The standard InChI is InChI=1S/C14H23N3O2/c1-3-18-7-4-6-15-14-9-13(16-11(2)17-14)12-5-8-19-10-12/h9,12H,3-8,10H2,1-2H3,(H,15,16,17)/t12-/m1/s1. The summed E-state index contributed by atoms with van der Waals surface area (Å²) in [7, 11) is 0. The third-order valence-electron chi connectivity index (χ3n) is 3.18. The zero-order chi connectivity index (χ0) is 13.5. The van der Waals surface area contributed by atoms with E-state index in [0.29, 0.717) is 5.92 Å². The number of aryl methyl sites for hydroxylation is 1. The SMILES string of the molecule is CCOCCCNc1cc([C@@H]2CCOC2)nc(C)n1. The summed E-state index contributed by atoms with van der Waals surface area (Å²) in [5, 5.41) is 3.34. The number of rotatable bonds is 7. The molecule has 1 saturated heterocycles. The largest absolute Gasteiger partial charge is 0.382 e. The van der Waals surface area contributed by atoms with E-state index in [1.807, 2.05) is 19.9 Å². The van der Waals surface area contributed by atoms with Gasteiger partial charge in [0.15, 0.2) is 0 Å². The topological polar surface area (TPSA) is 56.3 Å². The Morgan fingerprint density at radius 1 is 1.47 bits per heavy atom. The van der Waals surface area contributed by atoms with Crippen molar-refractivity contribution in [2.45, 2.75) is 32.6 Å². The van der Waals surface area contributed by atoms with Crippen molar-refractivity contribution in [3.63, 3.8) is 0 Å². The zero-order valence-electron chi connectivity index (χ0n) is 11.8. The van der Waals surface area contributed by atoms with Crippen molar-refractivity contribution in [2.75, 3.05) is 38.3 Å². The van der Waals surface area contributed by atoms with Crippen LogP contribution in [0.4, 0.5) is 5.82 Å². The van der Waals surface area contributed by atoms with Gasteiger partial charge in [0.2, 0.25) is 0 Å². The first-order valence-electron chi connectivity index (χ1n) is 7.04. The number of nitrogens with zero attached hydrogens (tertiary/aromatic N) is 2. The molecule has 5 heteroatoms. The fourth-order valence-corrected chi connectivity index (χ4v) is 2.19. The minimum Gasteiger partial charge on any atom is -0.382 e. The van der Waals surface area contributed by atoms with E-state index in [9.17, 15) is 0 Å². The summed E-state index contributed by atoms with van der Waals surface area (Å²) in [6, 6.07) is 2.05. The molecule has 0 aromatic carbocycles. The average molecular weight is 265 g/mol. The molecule has 0 amide bonds. The number of ether oxygens (including phenoxy) is 2. The van der Waals surface area contributed by atoms with Crippen LogP contribution < -0.4 is 5.32 Å². The second kappa shape index (κ2) is 7.40. The van der Waals surface area contributed by atoms with Crippen LogP contribution in [0.2, 0.25) is 0 Å². The summed E-state index contributed by atoms with van der Waals surface area (Å²) in [5.74, 6) is 2.15. The Morgan fingerprint density at radius 3 is 3.11 bits per heavy atom. The van der Waals surface area contributed by atoms with E-state index in [0.717, 1.165) is 63.2 Å². The monoisotopic (exact) mass is 265 g/mol. The quantitative estimate of drug-likeness (QED) is 0.765. The molecule has 1 aliphatic heterocycles. The molecule has 1 N–H and O–H groups in total. The predicted octanol–water partition coefficient (Wildman–Crippen LogP) is 2.13. The molecule has 5 nitrogen and oxygen atoms in total. The van der Waals surface area contributed by atoms with Crippen molar-refractivity contribution in [2.24, 2.45) is 0 Å². The maximum Gasteiger partial charge on any atom is 0.129 e. The Hall–Kier alpha value is -1.20. The normalized spacial score (nSPS) is 18.7. The smallest absolute Gasteiger partial charge is 0.129 e. The Balaban J connectivity index is 1.89. The van der Waals surface area contributed by atoms with Gasteiger partial charge in [0.05, 0.1) is 12.3 Å². The lowest BCUT2D eigenvalue weighted by Crippen LogP contribution is -2.10. The molecule has 0 radical (unpaired) electrons. The molecule has 1 aliphatic rings. The number of hydrogen-bond acceptors (Lipinski definition) is 5. The van der Waals surface area contributed by atoms with E-state index in [1.54, 1.807) is 0 Å². The van der Waals surface area contributed by atoms with Crippen LogP contribution in [0.15, 0.2) is 6.07 Å². The van der Waals surface area contributed by atoms with Crippen LogP contribution in [0, 0.1) is 6.92 Å². The fourth-order valence-electron chi connectivity index (χ4n) is 2.19. The van der Waals surface area contributed by atoms with Crippen molar-refractivity contribution >= 4 is 5.82 Å². The van der Waals surface area contributed by atoms with E-state index in [1.165, 1.54) is 0 Å². The van der Waals surface area contributed by atoms with Gasteiger partial charge in [-0.1, -0.05) is 0 Å². The fraction of sp³-hybridized carbons (Fsp3) is 0.714. The van der Waals surface area contributed by atoms with Crippen LogP contribution in [0.1, 0.15) is 37.2 Å². The summed E-state index contributed by atoms with van der Waals surface area (Å²) in [5.41, 5.74) is 1.09. The number of anilines is 1. The molecule has 1 fully saturated rings. The minimum absolute atomic E-state index is 0.422. The highest BCUT2D eigenvalue weighted by molar-refractivity contribution is 5.37. The second-order valence-corrected chi connectivity index (χ2v) is 4.76. The van der Waals surface area contributed by atoms with Crippen molar-refractivity contribution in [3.05, 3.63) is 17.6 Å². The number of aromatic nitrogens is 2. The molecule has 2 heterocycles. The second-order valence-electron chi connectivity index (χ2n) is 4.76. The van der Waals surface area contributed by atoms with Gasteiger partial charge in [0.1, 0.15) is 11.6 Å². The molecule has 0 aliphatic carbocycles. The molecule has 0 saturated carbocycles. The highest BCUT2D eigenvalue weighted by Gasteiger charge is 2.20. The molecule has 19 heavy (non-hydrogen) atoms. The Morgan fingerprint density at radius 2 is 2.37 bits per heavy atom. The first-order chi connectivity index (χ1) is 9.29. The Labute approximate surface area is 114 Å².